The highest BCUT2D eigenvalue weighted by atomic mass is 16.6. The summed E-state index contributed by atoms with van der Waals surface area (Å²) in [4.78, 5) is 13.6. The van der Waals surface area contributed by atoms with Gasteiger partial charge in [0.15, 0.2) is 5.58 Å². The van der Waals surface area contributed by atoms with Gasteiger partial charge in [-0.3, -0.25) is 10.1 Å². The van der Waals surface area contributed by atoms with E-state index in [1.54, 1.807) is 0 Å². The van der Waals surface area contributed by atoms with E-state index in [4.69, 9.17) is 10.2 Å². The molecule has 0 saturated heterocycles. The molecule has 2 N–H and O–H groups in total. The Hall–Kier alpha value is -2.11. The Labute approximate surface area is 72.1 Å². The van der Waals surface area contributed by atoms with E-state index < -0.39 is 4.92 Å². The van der Waals surface area contributed by atoms with Crippen LogP contribution in [0.3, 0.4) is 0 Å². The van der Waals surface area contributed by atoms with Crippen LogP contribution in [0.15, 0.2) is 22.6 Å². The number of benzene rings is 1. The molecule has 6 nitrogen and oxygen atoms in total. The van der Waals surface area contributed by atoms with Crippen molar-refractivity contribution >= 4 is 22.8 Å². The molecule has 6 heteroatoms. The van der Waals surface area contributed by atoms with E-state index in [0.29, 0.717) is 11.1 Å². The Balaban J connectivity index is 2.67. The molecular weight excluding hydrogens is 174 g/mol. The summed E-state index contributed by atoms with van der Waals surface area (Å²) in [5.74, 6) is 0. The number of nitro benzene ring substituents is 1. The lowest BCUT2D eigenvalue weighted by Gasteiger charge is -1.88. The van der Waals surface area contributed by atoms with Crippen LogP contribution in [-0.2, 0) is 0 Å². The van der Waals surface area contributed by atoms with E-state index in [1.807, 2.05) is 0 Å². The number of hydrogen-bond donors (Lipinski definition) is 1. The lowest BCUT2D eigenvalue weighted by Crippen LogP contribution is -1.86. The van der Waals surface area contributed by atoms with Gasteiger partial charge in [-0.1, -0.05) is 0 Å². The number of non-ortho nitro benzene ring substituents is 1. The van der Waals surface area contributed by atoms with E-state index >= 15 is 0 Å². The smallest absolute Gasteiger partial charge is 0.292 e. The third-order valence-electron chi connectivity index (χ3n) is 1.60. The molecule has 0 saturated carbocycles. The topological polar surface area (TPSA) is 95.2 Å². The second-order valence-corrected chi connectivity index (χ2v) is 2.46. The van der Waals surface area contributed by atoms with E-state index in [2.05, 4.69) is 4.98 Å². The van der Waals surface area contributed by atoms with Crippen LogP contribution in [-0.4, -0.2) is 9.91 Å². The zero-order chi connectivity index (χ0) is 9.42. The number of hydrogen-bond acceptors (Lipinski definition) is 5. The molecule has 0 fully saturated rings. The number of aromatic nitrogens is 1. The van der Waals surface area contributed by atoms with Gasteiger partial charge in [-0.15, -0.1) is 0 Å². The average molecular weight is 179 g/mol. The van der Waals surface area contributed by atoms with Gasteiger partial charge in [-0.2, -0.15) is 4.98 Å². The number of rotatable bonds is 1. The van der Waals surface area contributed by atoms with E-state index in [-0.39, 0.29) is 11.7 Å². The van der Waals surface area contributed by atoms with Crippen LogP contribution in [0.25, 0.3) is 11.1 Å². The Morgan fingerprint density at radius 2 is 2.31 bits per heavy atom. The number of nitro groups is 1. The summed E-state index contributed by atoms with van der Waals surface area (Å²) in [5.41, 5.74) is 6.08. The number of nitrogens with zero attached hydrogens (tertiary/aromatic N) is 2. The summed E-state index contributed by atoms with van der Waals surface area (Å²) >= 11 is 0. The molecule has 0 amide bonds. The van der Waals surface area contributed by atoms with Crippen LogP contribution in [0.1, 0.15) is 0 Å². The predicted octanol–water partition coefficient (Wildman–Crippen LogP) is 1.32. The van der Waals surface area contributed by atoms with E-state index in [0.717, 1.165) is 0 Å². The molecule has 1 aromatic heterocycles. The highest BCUT2D eigenvalue weighted by molar-refractivity contribution is 5.76. The van der Waals surface area contributed by atoms with Gasteiger partial charge in [0.2, 0.25) is 0 Å². The molecule has 0 unspecified atom stereocenters. The molecule has 66 valence electrons. The largest absolute Gasteiger partial charge is 0.424 e. The quantitative estimate of drug-likeness (QED) is 0.526. The van der Waals surface area contributed by atoms with Crippen molar-refractivity contribution in [2.45, 2.75) is 0 Å². The fourth-order valence-corrected chi connectivity index (χ4v) is 1.05. The van der Waals surface area contributed by atoms with Crippen molar-refractivity contribution in [1.82, 2.24) is 4.98 Å². The van der Waals surface area contributed by atoms with Crippen molar-refractivity contribution in [1.29, 1.82) is 0 Å². The average Bonchev–Trinajstić information content (AvgIpc) is 2.42. The van der Waals surface area contributed by atoms with Gasteiger partial charge in [-0.25, -0.2) is 0 Å². The molecule has 1 aromatic carbocycles. The third kappa shape index (κ3) is 1.18. The summed E-state index contributed by atoms with van der Waals surface area (Å²) < 4.78 is 4.95. The van der Waals surface area contributed by atoms with Gasteiger partial charge in [0.05, 0.1) is 4.92 Å². The van der Waals surface area contributed by atoms with Gasteiger partial charge in [0.25, 0.3) is 11.7 Å². The lowest BCUT2D eigenvalue weighted by atomic mass is 10.3. The molecule has 0 aliphatic rings. The van der Waals surface area contributed by atoms with Crippen LogP contribution < -0.4 is 5.73 Å². The predicted molar refractivity (Wildman–Crippen MR) is 45.1 cm³/mol. The Bertz CT molecular complexity index is 477. The van der Waals surface area contributed by atoms with Gasteiger partial charge in [-0.05, 0) is 6.07 Å². The summed E-state index contributed by atoms with van der Waals surface area (Å²) in [5, 5.41) is 10.4. The molecule has 0 aliphatic carbocycles. The number of nitrogen functional groups attached to an aromatic ring is 1. The normalized spacial score (nSPS) is 10.5. The van der Waals surface area contributed by atoms with E-state index in [9.17, 15) is 10.1 Å². The van der Waals surface area contributed by atoms with Crippen LogP contribution in [0.4, 0.5) is 11.7 Å². The zero-order valence-electron chi connectivity index (χ0n) is 6.43. The Kier molecular flexibility index (Phi) is 1.42. The van der Waals surface area contributed by atoms with Crippen molar-refractivity contribution in [2.24, 2.45) is 0 Å². The Morgan fingerprint density at radius 3 is 3.00 bits per heavy atom. The van der Waals surface area contributed by atoms with Gasteiger partial charge < -0.3 is 10.2 Å². The molecule has 0 spiro atoms. The van der Waals surface area contributed by atoms with Crippen molar-refractivity contribution < 1.29 is 9.34 Å². The van der Waals surface area contributed by atoms with Crippen molar-refractivity contribution in [3.8, 4) is 0 Å². The first-order valence-electron chi connectivity index (χ1n) is 3.47. The molecule has 0 bridgehead atoms. The summed E-state index contributed by atoms with van der Waals surface area (Å²) in [6.07, 6.45) is 0. The minimum Gasteiger partial charge on any atom is -0.424 e. The number of anilines is 1. The number of oxazole rings is 1. The lowest BCUT2D eigenvalue weighted by molar-refractivity contribution is -0.384. The van der Waals surface area contributed by atoms with Crippen LogP contribution in [0.5, 0.6) is 0 Å². The first kappa shape index (κ1) is 7.53. The summed E-state index contributed by atoms with van der Waals surface area (Å²) in [6.45, 7) is 0. The highest BCUT2D eigenvalue weighted by Crippen LogP contribution is 2.21. The van der Waals surface area contributed by atoms with Crippen LogP contribution >= 0.6 is 0 Å². The molecule has 2 rings (SSSR count). The SMILES string of the molecule is Nc1nc2cc([N+](=O)[O-])ccc2o1. The fraction of sp³-hybridized carbons (Fsp3) is 0. The standard InChI is InChI=1S/C7H5N3O3/c8-7-9-5-3-4(10(11)12)1-2-6(5)13-7/h1-3H,(H2,8,9). The van der Waals surface area contributed by atoms with Crippen molar-refractivity contribution in [2.75, 3.05) is 5.73 Å². The second-order valence-electron chi connectivity index (χ2n) is 2.46. The van der Waals surface area contributed by atoms with Crippen LogP contribution in [0.2, 0.25) is 0 Å². The van der Waals surface area contributed by atoms with Gasteiger partial charge in [0.1, 0.15) is 5.52 Å². The first-order valence-corrected chi connectivity index (χ1v) is 3.47. The minimum atomic E-state index is -0.496. The van der Waals surface area contributed by atoms with Crippen molar-refractivity contribution in [3.05, 3.63) is 28.3 Å². The molecule has 2 aromatic rings. The minimum absolute atomic E-state index is 0.00972. The molecule has 0 atom stereocenters. The number of fused-ring (bicyclic) bond motifs is 1. The maximum Gasteiger partial charge on any atom is 0.292 e. The van der Waals surface area contributed by atoms with E-state index in [1.165, 1.54) is 18.2 Å². The third-order valence-corrected chi connectivity index (χ3v) is 1.60. The highest BCUT2D eigenvalue weighted by Gasteiger charge is 2.09. The Morgan fingerprint density at radius 1 is 1.54 bits per heavy atom. The zero-order valence-corrected chi connectivity index (χ0v) is 6.43. The maximum absolute atomic E-state index is 10.4. The molecule has 0 radical (unpaired) electrons. The van der Waals surface area contributed by atoms with Crippen LogP contribution in [0, 0.1) is 10.1 Å². The maximum atomic E-state index is 10.4. The molecule has 13 heavy (non-hydrogen) atoms. The summed E-state index contributed by atoms with van der Waals surface area (Å²) in [6, 6.07) is 4.13. The monoisotopic (exact) mass is 179 g/mol. The summed E-state index contributed by atoms with van der Waals surface area (Å²) in [7, 11) is 0. The fourth-order valence-electron chi connectivity index (χ4n) is 1.05. The number of nitrogens with two attached hydrogens (primary N) is 1. The van der Waals surface area contributed by atoms with Gasteiger partial charge in [0, 0.05) is 12.1 Å². The molecule has 1 heterocycles. The first-order chi connectivity index (χ1) is 6.16. The second kappa shape index (κ2) is 2.44. The van der Waals surface area contributed by atoms with Crippen molar-refractivity contribution in [3.63, 3.8) is 0 Å². The molecular formula is C7H5N3O3. The van der Waals surface area contributed by atoms with Gasteiger partial charge >= 0.3 is 0 Å². The molecule has 0 aliphatic heterocycles.